The van der Waals surface area contributed by atoms with Gasteiger partial charge in [-0.1, -0.05) is 81.1 Å². The molecule has 0 saturated carbocycles. The summed E-state index contributed by atoms with van der Waals surface area (Å²) in [7, 11) is -9.04. The molecule has 0 rings (SSSR count). The Kier molecular flexibility index (Phi) is 8.71. The highest BCUT2D eigenvalue weighted by molar-refractivity contribution is 7.88. The number of hydrogen-bond acceptors (Lipinski definition) is 3. The van der Waals surface area contributed by atoms with Gasteiger partial charge in [-0.2, -0.15) is 21.6 Å². The lowest BCUT2D eigenvalue weighted by molar-refractivity contribution is -0.0508. The first-order valence-corrected chi connectivity index (χ1v) is 12.7. The quantitative estimate of drug-likeness (QED) is 0.304. The molecule has 152 valence electrons. The van der Waals surface area contributed by atoms with Gasteiger partial charge in [-0.3, -0.25) is 0 Å². The van der Waals surface area contributed by atoms with E-state index in [0.717, 1.165) is 0 Å². The maximum absolute atomic E-state index is 13.2. The SMILES string of the molecule is CCC(CC)[Si](OS(=O)(=O)C(F)(F)F)(C(CC)CC)C(C)(C)C(C)C. The van der Waals surface area contributed by atoms with E-state index in [9.17, 15) is 21.6 Å². The third kappa shape index (κ3) is 4.61. The summed E-state index contributed by atoms with van der Waals surface area (Å²) in [6.07, 6.45) is 2.46. The van der Waals surface area contributed by atoms with E-state index >= 15 is 0 Å². The van der Waals surface area contributed by atoms with Crippen molar-refractivity contribution in [1.82, 2.24) is 0 Å². The summed E-state index contributed by atoms with van der Waals surface area (Å²) in [6.45, 7) is 15.3. The van der Waals surface area contributed by atoms with Crippen LogP contribution in [-0.4, -0.2) is 22.2 Å². The number of halogens is 3. The van der Waals surface area contributed by atoms with Gasteiger partial charge in [0.05, 0.1) is 0 Å². The van der Waals surface area contributed by atoms with Crippen LogP contribution >= 0.6 is 0 Å². The second-order valence-corrected chi connectivity index (χ2v) is 14.2. The molecule has 0 spiro atoms. The van der Waals surface area contributed by atoms with Crippen LogP contribution in [0.25, 0.3) is 0 Å². The van der Waals surface area contributed by atoms with E-state index in [4.69, 9.17) is 3.87 Å². The van der Waals surface area contributed by atoms with Crippen molar-refractivity contribution in [2.75, 3.05) is 0 Å². The first-order valence-electron chi connectivity index (χ1n) is 9.21. The minimum absolute atomic E-state index is 0.00352. The van der Waals surface area contributed by atoms with Crippen molar-refractivity contribution < 1.29 is 25.5 Å². The summed E-state index contributed by atoms with van der Waals surface area (Å²) in [5.41, 5.74) is -5.71. The molecule has 0 radical (unpaired) electrons. The van der Waals surface area contributed by atoms with Crippen LogP contribution in [-0.2, 0) is 14.0 Å². The van der Waals surface area contributed by atoms with Crippen LogP contribution in [0.3, 0.4) is 0 Å². The predicted molar refractivity (Wildman–Crippen MR) is 99.4 cm³/mol. The highest BCUT2D eigenvalue weighted by Gasteiger charge is 2.64. The van der Waals surface area contributed by atoms with Gasteiger partial charge >= 0.3 is 15.6 Å². The molecule has 0 aromatic rings. The van der Waals surface area contributed by atoms with Gasteiger partial charge in [-0.25, -0.2) is 0 Å². The van der Waals surface area contributed by atoms with Gasteiger partial charge < -0.3 is 3.87 Å². The molecule has 0 heterocycles. The molecule has 0 bridgehead atoms. The van der Waals surface area contributed by atoms with Crippen LogP contribution in [0, 0.1) is 5.92 Å². The maximum atomic E-state index is 13.2. The number of rotatable bonds is 10. The first-order chi connectivity index (χ1) is 11.2. The van der Waals surface area contributed by atoms with E-state index in [1.165, 1.54) is 0 Å². The molecule has 0 atom stereocenters. The Balaban J connectivity index is 6.80. The van der Waals surface area contributed by atoms with Crippen LogP contribution < -0.4 is 0 Å². The van der Waals surface area contributed by atoms with Crippen molar-refractivity contribution in [2.24, 2.45) is 5.92 Å². The zero-order valence-corrected chi connectivity index (χ0v) is 18.6. The average molecular weight is 405 g/mol. The van der Waals surface area contributed by atoms with Gasteiger partial charge in [0, 0.05) is 0 Å². The lowest BCUT2D eigenvalue weighted by Gasteiger charge is -2.53. The standard InChI is InChI=1S/C17H35F3O3SSi/c1-9-14(10-2)25(15(11-3)12-4,16(7,8)13(5)6)23-24(21,22)17(18,19)20/h13-15H,9-12H2,1-8H3. The van der Waals surface area contributed by atoms with Crippen molar-refractivity contribution in [3.63, 3.8) is 0 Å². The summed E-state index contributed by atoms with van der Waals surface area (Å²) in [4.78, 5) is 0. The Morgan fingerprint density at radius 1 is 0.880 bits per heavy atom. The Morgan fingerprint density at radius 3 is 1.40 bits per heavy atom. The molecule has 0 N–H and O–H groups in total. The Morgan fingerprint density at radius 2 is 1.20 bits per heavy atom. The highest BCUT2D eigenvalue weighted by atomic mass is 32.2. The Labute approximate surface area is 153 Å². The van der Waals surface area contributed by atoms with Crippen molar-refractivity contribution >= 4 is 18.4 Å². The fourth-order valence-corrected chi connectivity index (χ4v) is 14.0. The van der Waals surface area contributed by atoms with Crippen LogP contribution in [0.1, 0.15) is 81.1 Å². The lowest BCUT2D eigenvalue weighted by Crippen LogP contribution is -2.59. The molecule has 0 aliphatic heterocycles. The molecular formula is C17H35F3O3SSi. The fourth-order valence-electron chi connectivity index (χ4n) is 4.10. The average Bonchev–Trinajstić information content (AvgIpc) is 2.47. The molecule has 25 heavy (non-hydrogen) atoms. The minimum atomic E-state index is -5.64. The maximum Gasteiger partial charge on any atom is 0.522 e. The Hall–Kier alpha value is -0.0831. The lowest BCUT2D eigenvalue weighted by atomic mass is 9.99. The topological polar surface area (TPSA) is 43.4 Å². The van der Waals surface area contributed by atoms with Gasteiger partial charge in [0.25, 0.3) is 0 Å². The molecule has 0 saturated heterocycles. The van der Waals surface area contributed by atoms with Crippen molar-refractivity contribution in [2.45, 2.75) is 103 Å². The second-order valence-electron chi connectivity index (χ2n) is 7.68. The zero-order chi connectivity index (χ0) is 20.3. The third-order valence-corrected chi connectivity index (χ3v) is 15.4. The van der Waals surface area contributed by atoms with E-state index < -0.39 is 29.0 Å². The third-order valence-electron chi connectivity index (χ3n) is 6.17. The monoisotopic (exact) mass is 404 g/mol. The van der Waals surface area contributed by atoms with E-state index in [0.29, 0.717) is 25.7 Å². The molecule has 0 aliphatic rings. The molecule has 3 nitrogen and oxygen atoms in total. The summed E-state index contributed by atoms with van der Waals surface area (Å²) in [6, 6.07) is 0. The molecule has 8 heteroatoms. The number of hydrogen-bond donors (Lipinski definition) is 0. The normalized spacial score (nSPS) is 14.8. The number of alkyl halides is 3. The van der Waals surface area contributed by atoms with Crippen LogP contribution in [0.15, 0.2) is 0 Å². The summed E-state index contributed by atoms with van der Waals surface area (Å²) in [5, 5.41) is -0.626. The van der Waals surface area contributed by atoms with Crippen molar-refractivity contribution in [3.8, 4) is 0 Å². The minimum Gasteiger partial charge on any atom is -0.307 e. The van der Waals surface area contributed by atoms with Gasteiger partial charge in [0.1, 0.15) is 0 Å². The Bertz CT molecular complexity index is 496. The van der Waals surface area contributed by atoms with Crippen molar-refractivity contribution in [3.05, 3.63) is 0 Å². The largest absolute Gasteiger partial charge is 0.522 e. The van der Waals surface area contributed by atoms with Gasteiger partial charge in [0.2, 0.25) is 8.32 Å². The summed E-state index contributed by atoms with van der Waals surface area (Å²) < 4.78 is 69.2. The van der Waals surface area contributed by atoms with E-state index in [-0.39, 0.29) is 17.0 Å². The van der Waals surface area contributed by atoms with Crippen LogP contribution in [0.5, 0.6) is 0 Å². The van der Waals surface area contributed by atoms with Gasteiger partial charge in [-0.15, -0.1) is 0 Å². The predicted octanol–water partition coefficient (Wildman–Crippen LogP) is 6.61. The molecule has 0 unspecified atom stereocenters. The van der Waals surface area contributed by atoms with E-state index in [2.05, 4.69) is 0 Å². The van der Waals surface area contributed by atoms with Crippen LogP contribution in [0.4, 0.5) is 13.2 Å². The van der Waals surface area contributed by atoms with E-state index in [1.807, 2.05) is 55.4 Å². The van der Waals surface area contributed by atoms with E-state index in [1.54, 1.807) is 0 Å². The van der Waals surface area contributed by atoms with Crippen molar-refractivity contribution in [1.29, 1.82) is 0 Å². The molecular weight excluding hydrogens is 369 g/mol. The molecule has 0 aliphatic carbocycles. The van der Waals surface area contributed by atoms with Crippen LogP contribution in [0.2, 0.25) is 16.1 Å². The molecule has 0 amide bonds. The zero-order valence-electron chi connectivity index (χ0n) is 16.8. The van der Waals surface area contributed by atoms with Gasteiger partial charge in [0.15, 0.2) is 0 Å². The second kappa shape index (κ2) is 8.74. The molecule has 0 aromatic heterocycles. The van der Waals surface area contributed by atoms with Gasteiger partial charge in [-0.05, 0) is 22.0 Å². The first kappa shape index (κ1) is 24.9. The smallest absolute Gasteiger partial charge is 0.307 e. The summed E-state index contributed by atoms with van der Waals surface area (Å²) in [5.74, 6) is 0.00352. The fraction of sp³-hybridized carbons (Fsp3) is 1.00. The molecule has 0 fully saturated rings. The molecule has 0 aromatic carbocycles. The highest BCUT2D eigenvalue weighted by Crippen LogP contribution is 2.60. The summed E-state index contributed by atoms with van der Waals surface area (Å²) >= 11 is 0.